The molecule has 1 N–H and O–H groups in total. The number of amides is 1. The van der Waals surface area contributed by atoms with Crippen LogP contribution in [0.4, 0.5) is 4.79 Å². The number of halogens is 1. The zero-order valence-corrected chi connectivity index (χ0v) is 15.7. The van der Waals surface area contributed by atoms with E-state index in [0.29, 0.717) is 11.6 Å². The van der Waals surface area contributed by atoms with Crippen LogP contribution >= 0.6 is 11.6 Å². The lowest BCUT2D eigenvalue weighted by atomic mass is 9.68. The van der Waals surface area contributed by atoms with Crippen LogP contribution in [0.1, 0.15) is 52.0 Å². The number of carbonyl (C=O) groups excluding carboxylic acids is 1. The fourth-order valence-corrected chi connectivity index (χ4v) is 3.48. The molecule has 0 spiro atoms. The highest BCUT2D eigenvalue weighted by atomic mass is 35.5. The molecule has 25 heavy (non-hydrogen) atoms. The minimum Gasteiger partial charge on any atom is -0.444 e. The lowest BCUT2D eigenvalue weighted by Gasteiger charge is -2.40. The van der Waals surface area contributed by atoms with Gasteiger partial charge in [-0.05, 0) is 69.7 Å². The summed E-state index contributed by atoms with van der Waals surface area (Å²) >= 11 is 6.18. The SMILES string of the molecule is CC(C)(C)OC(=O)NC[C@]1(c2cccc(Cl)c2)CC[C@@H](N=[N+]=[N-])CC1. The Morgan fingerprint density at radius 2 is 2.12 bits per heavy atom. The first-order chi connectivity index (χ1) is 11.7. The number of nitrogens with zero attached hydrogens (tertiary/aromatic N) is 3. The van der Waals surface area contributed by atoms with Gasteiger partial charge in [-0.3, -0.25) is 0 Å². The van der Waals surface area contributed by atoms with Crippen molar-refractivity contribution >= 4 is 17.7 Å². The fraction of sp³-hybridized carbons (Fsp3) is 0.611. The van der Waals surface area contributed by atoms with Crippen LogP contribution in [-0.2, 0) is 10.2 Å². The van der Waals surface area contributed by atoms with Crippen molar-refractivity contribution in [3.8, 4) is 0 Å². The maximum absolute atomic E-state index is 12.1. The van der Waals surface area contributed by atoms with Gasteiger partial charge in [-0.15, -0.1) is 0 Å². The summed E-state index contributed by atoms with van der Waals surface area (Å²) in [4.78, 5) is 15.0. The fourth-order valence-electron chi connectivity index (χ4n) is 3.29. The molecule has 0 saturated heterocycles. The van der Waals surface area contributed by atoms with E-state index in [1.54, 1.807) is 0 Å². The van der Waals surface area contributed by atoms with Gasteiger partial charge in [-0.25, -0.2) is 4.79 Å². The number of hydrogen-bond acceptors (Lipinski definition) is 3. The second kappa shape index (κ2) is 7.98. The molecule has 136 valence electrons. The number of azide groups is 1. The first-order valence-electron chi connectivity index (χ1n) is 8.51. The molecule has 1 aliphatic carbocycles. The molecule has 1 fully saturated rings. The molecule has 0 aromatic heterocycles. The van der Waals surface area contributed by atoms with Crippen LogP contribution in [-0.4, -0.2) is 24.3 Å². The van der Waals surface area contributed by atoms with E-state index >= 15 is 0 Å². The minimum absolute atomic E-state index is 0.0128. The standard InChI is InChI=1S/C18H25ClN4O2/c1-17(2,3)25-16(24)21-12-18(13-5-4-6-14(19)11-13)9-7-15(8-10-18)22-23-20/h4-6,11,15H,7-10,12H2,1-3H3,(H,21,24)/t15-,18+. The number of carbonyl (C=O) groups is 1. The van der Waals surface area contributed by atoms with Crippen molar-refractivity contribution < 1.29 is 9.53 Å². The van der Waals surface area contributed by atoms with Crippen molar-refractivity contribution in [2.45, 2.75) is 63.5 Å². The second-order valence-corrected chi connectivity index (χ2v) is 8.02. The van der Waals surface area contributed by atoms with E-state index < -0.39 is 11.7 Å². The Hall–Kier alpha value is -1.91. The van der Waals surface area contributed by atoms with Crippen molar-refractivity contribution in [2.75, 3.05) is 6.54 Å². The minimum atomic E-state index is -0.535. The maximum atomic E-state index is 12.1. The predicted octanol–water partition coefficient (Wildman–Crippen LogP) is 5.36. The predicted molar refractivity (Wildman–Crippen MR) is 98.8 cm³/mol. The molecule has 0 radical (unpaired) electrons. The van der Waals surface area contributed by atoms with Gasteiger partial charge in [0.25, 0.3) is 0 Å². The molecule has 0 bridgehead atoms. The van der Waals surface area contributed by atoms with Crippen LogP contribution in [0.25, 0.3) is 10.4 Å². The van der Waals surface area contributed by atoms with Crippen molar-refractivity contribution in [2.24, 2.45) is 5.11 Å². The molecule has 1 aromatic rings. The highest BCUT2D eigenvalue weighted by Crippen LogP contribution is 2.40. The van der Waals surface area contributed by atoms with Gasteiger partial charge in [0.1, 0.15) is 5.60 Å². The number of nitrogens with one attached hydrogen (secondary N) is 1. The molecule has 0 unspecified atom stereocenters. The second-order valence-electron chi connectivity index (χ2n) is 7.58. The third-order valence-corrected chi connectivity index (χ3v) is 4.77. The summed E-state index contributed by atoms with van der Waals surface area (Å²) in [6, 6.07) is 7.76. The summed E-state index contributed by atoms with van der Waals surface area (Å²) in [6.45, 7) is 5.98. The Labute approximate surface area is 153 Å². The Morgan fingerprint density at radius 1 is 1.44 bits per heavy atom. The van der Waals surface area contributed by atoms with Crippen LogP contribution in [0.15, 0.2) is 29.4 Å². The van der Waals surface area contributed by atoms with E-state index in [4.69, 9.17) is 21.9 Å². The van der Waals surface area contributed by atoms with Gasteiger partial charge < -0.3 is 10.1 Å². The molecule has 1 aliphatic rings. The lowest BCUT2D eigenvalue weighted by Crippen LogP contribution is -2.45. The third kappa shape index (κ3) is 5.55. The quantitative estimate of drug-likeness (QED) is 0.443. The highest BCUT2D eigenvalue weighted by Gasteiger charge is 2.37. The Kier molecular flexibility index (Phi) is 6.20. The van der Waals surface area contributed by atoms with E-state index in [1.807, 2.05) is 45.0 Å². The lowest BCUT2D eigenvalue weighted by molar-refractivity contribution is 0.0507. The smallest absolute Gasteiger partial charge is 0.407 e. The van der Waals surface area contributed by atoms with Crippen LogP contribution < -0.4 is 5.32 Å². The van der Waals surface area contributed by atoms with Crippen LogP contribution in [0, 0.1) is 0 Å². The topological polar surface area (TPSA) is 87.1 Å². The molecule has 0 aliphatic heterocycles. The Morgan fingerprint density at radius 3 is 2.68 bits per heavy atom. The van der Waals surface area contributed by atoms with Crippen molar-refractivity contribution in [1.82, 2.24) is 5.32 Å². The summed E-state index contributed by atoms with van der Waals surface area (Å²) in [5, 5.41) is 7.43. The van der Waals surface area contributed by atoms with Gasteiger partial charge in [-0.2, -0.15) is 0 Å². The monoisotopic (exact) mass is 364 g/mol. The van der Waals surface area contributed by atoms with Crippen molar-refractivity contribution in [3.05, 3.63) is 45.3 Å². The van der Waals surface area contributed by atoms with Gasteiger partial charge >= 0.3 is 6.09 Å². The molecular formula is C18H25ClN4O2. The molecular weight excluding hydrogens is 340 g/mol. The highest BCUT2D eigenvalue weighted by molar-refractivity contribution is 6.30. The molecule has 7 heteroatoms. The largest absolute Gasteiger partial charge is 0.444 e. The third-order valence-electron chi connectivity index (χ3n) is 4.53. The number of hydrogen-bond donors (Lipinski definition) is 1. The van der Waals surface area contributed by atoms with Gasteiger partial charge in [0.05, 0.1) is 0 Å². The maximum Gasteiger partial charge on any atom is 0.407 e. The number of rotatable bonds is 4. The van der Waals surface area contributed by atoms with Gasteiger partial charge in [0, 0.05) is 27.9 Å². The zero-order valence-electron chi connectivity index (χ0n) is 15.0. The first-order valence-corrected chi connectivity index (χ1v) is 8.89. The summed E-state index contributed by atoms with van der Waals surface area (Å²) in [5.41, 5.74) is 8.98. The van der Waals surface area contributed by atoms with Crippen LogP contribution in [0.2, 0.25) is 5.02 Å². The van der Waals surface area contributed by atoms with Crippen molar-refractivity contribution in [3.63, 3.8) is 0 Å². The molecule has 6 nitrogen and oxygen atoms in total. The van der Waals surface area contributed by atoms with Crippen molar-refractivity contribution in [1.29, 1.82) is 0 Å². The van der Waals surface area contributed by atoms with E-state index in [-0.39, 0.29) is 11.5 Å². The van der Waals surface area contributed by atoms with Crippen LogP contribution in [0.5, 0.6) is 0 Å². The van der Waals surface area contributed by atoms with E-state index in [1.165, 1.54) is 0 Å². The average Bonchev–Trinajstić information content (AvgIpc) is 2.53. The molecule has 1 amide bonds. The average molecular weight is 365 g/mol. The number of alkyl carbamates (subject to hydrolysis) is 1. The zero-order chi connectivity index (χ0) is 18.5. The molecule has 2 rings (SSSR count). The Balaban J connectivity index is 2.16. The summed E-state index contributed by atoms with van der Waals surface area (Å²) in [5.74, 6) is 0. The normalized spacial score (nSPS) is 23.4. The summed E-state index contributed by atoms with van der Waals surface area (Å²) in [7, 11) is 0. The van der Waals surface area contributed by atoms with Crippen LogP contribution in [0.3, 0.4) is 0 Å². The summed E-state index contributed by atoms with van der Waals surface area (Å²) < 4.78 is 5.35. The molecule has 0 heterocycles. The van der Waals surface area contributed by atoms with Gasteiger partial charge in [0.15, 0.2) is 0 Å². The first kappa shape index (κ1) is 19.4. The van der Waals surface area contributed by atoms with E-state index in [2.05, 4.69) is 15.3 Å². The van der Waals surface area contributed by atoms with E-state index in [9.17, 15) is 4.79 Å². The summed E-state index contributed by atoms with van der Waals surface area (Å²) in [6.07, 6.45) is 2.77. The number of benzene rings is 1. The molecule has 1 aromatic carbocycles. The number of ether oxygens (including phenoxy) is 1. The van der Waals surface area contributed by atoms with E-state index in [0.717, 1.165) is 31.2 Å². The molecule has 0 atom stereocenters. The van der Waals surface area contributed by atoms with Gasteiger partial charge in [-0.1, -0.05) is 28.8 Å². The van der Waals surface area contributed by atoms with Gasteiger partial charge in [0.2, 0.25) is 0 Å². The Bertz CT molecular complexity index is 657. The molecule has 1 saturated carbocycles.